The van der Waals surface area contributed by atoms with Crippen LogP contribution < -0.4 is 0 Å². The van der Waals surface area contributed by atoms with Crippen LogP contribution in [0, 0.1) is 0 Å². The molecule has 0 heterocycles. The molecule has 0 amide bonds. The van der Waals surface area contributed by atoms with E-state index in [1.807, 2.05) is 0 Å². The number of hydrogen-bond acceptors (Lipinski definition) is 8. The summed E-state index contributed by atoms with van der Waals surface area (Å²) in [7, 11) is -14.5. The molecule has 0 aliphatic rings. The van der Waals surface area contributed by atoms with Crippen LogP contribution in [0.25, 0.3) is 0 Å². The average molecular weight is 332 g/mol. The number of rotatable bonds is 0. The van der Waals surface area contributed by atoms with E-state index in [1.54, 1.807) is 0 Å². The van der Waals surface area contributed by atoms with E-state index < -0.39 is 31.2 Å². The van der Waals surface area contributed by atoms with Crippen molar-refractivity contribution >= 4 is 68.9 Å². The molecule has 96 valence electrons. The van der Waals surface area contributed by atoms with Gasteiger partial charge < -0.3 is 9.11 Å². The minimum Gasteiger partial charge on any atom is -0.759 e. The van der Waals surface area contributed by atoms with Crippen molar-refractivity contribution < 1.29 is 52.6 Å². The van der Waals surface area contributed by atoms with Crippen molar-refractivity contribution in [1.82, 2.24) is 0 Å². The molecule has 0 bridgehead atoms. The molecular weight excluding hydrogens is 328 g/mol. The predicted molar refractivity (Wildman–Crippen MR) is 44.6 cm³/mol. The average Bonchev–Trinajstić information content (AvgIpc) is 1.41. The first-order valence-corrected chi connectivity index (χ1v) is 6.19. The Labute approximate surface area is 120 Å². The zero-order chi connectivity index (χ0) is 13.5. The van der Waals surface area contributed by atoms with Crippen molar-refractivity contribution in [2.24, 2.45) is 0 Å². The summed E-state index contributed by atoms with van der Waals surface area (Å²) in [6.45, 7) is 0. The molecule has 0 fully saturated rings. The monoisotopic (exact) mass is 332 g/mol. The molecule has 0 aliphatic carbocycles. The molecule has 0 spiro atoms. The summed E-state index contributed by atoms with van der Waals surface area (Å²) < 4.78 is 97.2. The molecule has 0 saturated carbocycles. The first-order chi connectivity index (χ1) is 6.00. The maximum atomic E-state index is 8.74. The minimum atomic E-state index is -5.17. The zero-order valence-corrected chi connectivity index (χ0v) is 11.6. The van der Waals surface area contributed by atoms with E-state index in [1.165, 1.54) is 0 Å². The first-order valence-electron chi connectivity index (χ1n) is 2.06. The van der Waals surface area contributed by atoms with Crippen LogP contribution in [0.5, 0.6) is 0 Å². The van der Waals surface area contributed by atoms with Crippen molar-refractivity contribution in [2.45, 2.75) is 0 Å². The molecule has 0 saturated heterocycles. The van der Waals surface area contributed by atoms with Crippen LogP contribution in [-0.4, -0.2) is 90.3 Å². The summed E-state index contributed by atoms with van der Waals surface area (Å²) in [5, 5.41) is 0. The second kappa shape index (κ2) is 9.85. The van der Waals surface area contributed by atoms with Gasteiger partial charge in [-0.05, 0) is 0 Å². The van der Waals surface area contributed by atoms with Gasteiger partial charge in [-0.3, -0.25) is 26.6 Å². The van der Waals surface area contributed by atoms with Gasteiger partial charge in [0.05, 0.1) is 0 Å². The van der Waals surface area contributed by atoms with Gasteiger partial charge in [-0.15, -0.1) is 0 Å². The van der Waals surface area contributed by atoms with E-state index in [0.29, 0.717) is 0 Å². The van der Waals surface area contributed by atoms with Crippen LogP contribution in [0.4, 0.5) is 0 Å². The van der Waals surface area contributed by atoms with E-state index in [0.717, 1.165) is 0 Å². The molecular formula is H4CaO12S3. The maximum absolute atomic E-state index is 8.74. The summed E-state index contributed by atoms with van der Waals surface area (Å²) >= 11 is 0. The van der Waals surface area contributed by atoms with Gasteiger partial charge in [0.15, 0.2) is 0 Å². The van der Waals surface area contributed by atoms with Crippen molar-refractivity contribution in [2.75, 3.05) is 0 Å². The summed E-state index contributed by atoms with van der Waals surface area (Å²) in [6.07, 6.45) is 0. The van der Waals surface area contributed by atoms with Crippen LogP contribution in [0.1, 0.15) is 0 Å². The summed E-state index contributed by atoms with van der Waals surface area (Å²) in [5.41, 5.74) is 0. The molecule has 0 aromatic carbocycles. The normalized spacial score (nSPS) is 10.9. The van der Waals surface area contributed by atoms with E-state index >= 15 is 0 Å². The molecule has 0 rings (SSSR count). The van der Waals surface area contributed by atoms with Gasteiger partial charge in [-0.2, -0.15) is 16.8 Å². The minimum absolute atomic E-state index is 0. The van der Waals surface area contributed by atoms with Crippen molar-refractivity contribution in [3.05, 3.63) is 0 Å². The van der Waals surface area contributed by atoms with Gasteiger partial charge in [-0.25, -0.2) is 0 Å². The van der Waals surface area contributed by atoms with Crippen molar-refractivity contribution in [3.63, 3.8) is 0 Å². The molecule has 0 aliphatic heterocycles. The molecule has 0 aromatic rings. The van der Waals surface area contributed by atoms with E-state index in [4.69, 9.17) is 52.6 Å². The fourth-order valence-electron chi connectivity index (χ4n) is 0. The molecule has 16 heteroatoms. The first kappa shape index (κ1) is 25.7. The third kappa shape index (κ3) is 3780. The fraction of sp³-hybridized carbons (Fsp3) is 0. The Morgan fingerprint density at radius 1 is 0.625 bits per heavy atom. The molecule has 0 aromatic heterocycles. The van der Waals surface area contributed by atoms with Crippen LogP contribution in [0.3, 0.4) is 0 Å². The van der Waals surface area contributed by atoms with Gasteiger partial charge in [0.2, 0.25) is 0 Å². The SMILES string of the molecule is O=S(=O)(O)O.O=S(=O)(O)O.O=S(=O)([O-])[O-].[Ca+2]. The Bertz CT molecular complexity index is 337. The zero-order valence-electron chi connectivity index (χ0n) is 6.99. The van der Waals surface area contributed by atoms with Gasteiger partial charge >= 0.3 is 58.5 Å². The maximum Gasteiger partial charge on any atom is 2.00 e. The van der Waals surface area contributed by atoms with E-state index in [2.05, 4.69) is 0 Å². The third-order valence-electron chi connectivity index (χ3n) is 0. The molecule has 0 atom stereocenters. The summed E-state index contributed by atoms with van der Waals surface area (Å²) in [4.78, 5) is 0. The van der Waals surface area contributed by atoms with E-state index in [-0.39, 0.29) is 37.7 Å². The second-order valence-corrected chi connectivity index (χ2v) is 3.91. The number of hydrogen-bond donors (Lipinski definition) is 4. The largest absolute Gasteiger partial charge is 2.00 e. The van der Waals surface area contributed by atoms with Gasteiger partial charge in [0.1, 0.15) is 0 Å². The smallest absolute Gasteiger partial charge is 0.759 e. The van der Waals surface area contributed by atoms with Gasteiger partial charge in [0, 0.05) is 10.4 Å². The fourth-order valence-corrected chi connectivity index (χ4v) is 0. The predicted octanol–water partition coefficient (Wildman–Crippen LogP) is -3.02. The van der Waals surface area contributed by atoms with Crippen LogP contribution >= 0.6 is 0 Å². The summed E-state index contributed by atoms with van der Waals surface area (Å²) in [5.74, 6) is 0. The Morgan fingerprint density at radius 2 is 0.625 bits per heavy atom. The standard InChI is InChI=1S/Ca.3H2O4S/c;3*1-5(2,3)4/h;3*(H2,1,2,3,4)/q+2;;;/p-2. The second-order valence-electron chi connectivity index (χ2n) is 1.30. The topological polar surface area (TPSA) is 229 Å². The van der Waals surface area contributed by atoms with Crippen LogP contribution in [0.2, 0.25) is 0 Å². The van der Waals surface area contributed by atoms with Crippen LogP contribution in [0.15, 0.2) is 0 Å². The van der Waals surface area contributed by atoms with Gasteiger partial charge in [-0.1, -0.05) is 0 Å². The van der Waals surface area contributed by atoms with Crippen LogP contribution in [-0.2, 0) is 31.2 Å². The molecule has 16 heavy (non-hydrogen) atoms. The molecule has 4 N–H and O–H groups in total. The Hall–Kier alpha value is 0.870. The molecule has 12 nitrogen and oxygen atoms in total. The molecule has 0 radical (unpaired) electrons. The Kier molecular flexibility index (Phi) is 15.8. The van der Waals surface area contributed by atoms with E-state index in [9.17, 15) is 0 Å². The Morgan fingerprint density at radius 3 is 0.625 bits per heavy atom. The van der Waals surface area contributed by atoms with Crippen molar-refractivity contribution in [3.8, 4) is 0 Å². The third-order valence-corrected chi connectivity index (χ3v) is 0. The van der Waals surface area contributed by atoms with Gasteiger partial charge in [0.25, 0.3) is 0 Å². The van der Waals surface area contributed by atoms with Crippen molar-refractivity contribution in [1.29, 1.82) is 0 Å². The quantitative estimate of drug-likeness (QED) is 0.197. The molecule has 0 unspecified atom stereocenters. The summed E-state index contributed by atoms with van der Waals surface area (Å²) in [6, 6.07) is 0. The Balaban J connectivity index is -0.0000000655.